The van der Waals surface area contributed by atoms with Crippen LogP contribution in [0.25, 0.3) is 0 Å². The third-order valence-electron chi connectivity index (χ3n) is 3.23. The Labute approximate surface area is 124 Å². The van der Waals surface area contributed by atoms with Crippen molar-refractivity contribution < 1.29 is 9.36 Å². The van der Waals surface area contributed by atoms with E-state index in [1.165, 1.54) is 0 Å². The summed E-state index contributed by atoms with van der Waals surface area (Å²) in [5.74, 6) is -0.00764. The number of nitrogens with zero attached hydrogens (tertiary/aromatic N) is 1. The smallest absolute Gasteiger partial charge is 0.286 e. The number of nitrogens with one attached hydrogen (secondary N) is 1. The second-order valence-corrected chi connectivity index (χ2v) is 5.25. The molecule has 0 spiro atoms. The molecule has 2 aromatic rings. The van der Waals surface area contributed by atoms with E-state index in [-0.39, 0.29) is 11.9 Å². The average molecular weight is 290 g/mol. The Bertz CT molecular complexity index is 596. The Morgan fingerprint density at radius 1 is 1.25 bits per heavy atom. The Morgan fingerprint density at radius 3 is 2.60 bits per heavy atom. The number of hydrogen-bond donors (Lipinski definition) is 1. The standard InChI is InChI=1S/C16H17ClN2O/c1-12-5-3-4-10-19(12)11-16(20)18-13(2)14-6-8-15(17)9-7-14/h3-10,13H,11H2,1-2H3/p+1/t13-/m0/s1. The molecule has 0 aliphatic carbocycles. The highest BCUT2D eigenvalue weighted by Crippen LogP contribution is 2.15. The topological polar surface area (TPSA) is 33.0 Å². The largest absolute Gasteiger partial charge is 0.344 e. The number of rotatable bonds is 4. The third-order valence-corrected chi connectivity index (χ3v) is 3.48. The maximum Gasteiger partial charge on any atom is 0.286 e. The Morgan fingerprint density at radius 2 is 1.95 bits per heavy atom. The van der Waals surface area contributed by atoms with Gasteiger partial charge in [-0.2, -0.15) is 4.57 Å². The SMILES string of the molecule is Cc1cccc[n+]1CC(=O)N[C@@H](C)c1ccc(Cl)cc1. The van der Waals surface area contributed by atoms with E-state index >= 15 is 0 Å². The number of benzene rings is 1. The van der Waals surface area contributed by atoms with Crippen LogP contribution in [0.2, 0.25) is 5.02 Å². The maximum absolute atomic E-state index is 12.1. The van der Waals surface area contributed by atoms with Crippen molar-refractivity contribution in [2.24, 2.45) is 0 Å². The van der Waals surface area contributed by atoms with Gasteiger partial charge in [-0.25, -0.2) is 0 Å². The number of aromatic nitrogens is 1. The van der Waals surface area contributed by atoms with Gasteiger partial charge in [-0.3, -0.25) is 4.79 Å². The van der Waals surface area contributed by atoms with Gasteiger partial charge in [-0.15, -0.1) is 0 Å². The van der Waals surface area contributed by atoms with Crippen molar-refractivity contribution in [1.29, 1.82) is 0 Å². The highest BCUT2D eigenvalue weighted by Gasteiger charge is 2.14. The molecule has 1 amide bonds. The van der Waals surface area contributed by atoms with Crippen molar-refractivity contribution in [3.05, 3.63) is 64.9 Å². The maximum atomic E-state index is 12.1. The van der Waals surface area contributed by atoms with Gasteiger partial charge in [0.15, 0.2) is 11.9 Å². The second kappa shape index (κ2) is 6.53. The fourth-order valence-corrected chi connectivity index (χ4v) is 2.14. The highest BCUT2D eigenvalue weighted by atomic mass is 35.5. The van der Waals surface area contributed by atoms with Crippen LogP contribution in [-0.4, -0.2) is 5.91 Å². The summed E-state index contributed by atoms with van der Waals surface area (Å²) in [5.41, 5.74) is 2.10. The van der Waals surface area contributed by atoms with E-state index in [1.807, 2.05) is 67.1 Å². The van der Waals surface area contributed by atoms with Crippen molar-refractivity contribution in [1.82, 2.24) is 5.32 Å². The normalized spacial score (nSPS) is 11.9. The van der Waals surface area contributed by atoms with E-state index in [9.17, 15) is 4.79 Å². The molecular weight excluding hydrogens is 272 g/mol. The third kappa shape index (κ3) is 3.81. The zero-order valence-corrected chi connectivity index (χ0v) is 12.4. The number of aryl methyl sites for hydroxylation is 1. The summed E-state index contributed by atoms with van der Waals surface area (Å²) in [6.07, 6.45) is 1.90. The van der Waals surface area contributed by atoms with Crippen LogP contribution in [0, 0.1) is 6.92 Å². The molecule has 0 saturated heterocycles. The van der Waals surface area contributed by atoms with Gasteiger partial charge >= 0.3 is 0 Å². The molecule has 1 aromatic heterocycles. The van der Waals surface area contributed by atoms with Gasteiger partial charge in [0.1, 0.15) is 0 Å². The van der Waals surface area contributed by atoms with E-state index < -0.39 is 0 Å². The Kier molecular flexibility index (Phi) is 4.74. The van der Waals surface area contributed by atoms with Crippen LogP contribution in [0.1, 0.15) is 24.2 Å². The van der Waals surface area contributed by atoms with Gasteiger partial charge < -0.3 is 5.32 Å². The van der Waals surface area contributed by atoms with Gasteiger partial charge in [0, 0.05) is 24.1 Å². The fraction of sp³-hybridized carbons (Fsp3) is 0.250. The lowest BCUT2D eigenvalue weighted by molar-refractivity contribution is -0.690. The van der Waals surface area contributed by atoms with Crippen LogP contribution in [0.3, 0.4) is 0 Å². The summed E-state index contributed by atoms with van der Waals surface area (Å²) < 4.78 is 1.92. The predicted molar refractivity (Wildman–Crippen MR) is 79.4 cm³/mol. The average Bonchev–Trinajstić information content (AvgIpc) is 2.42. The lowest BCUT2D eigenvalue weighted by Crippen LogP contribution is -2.45. The summed E-state index contributed by atoms with van der Waals surface area (Å²) in [5, 5.41) is 3.69. The van der Waals surface area contributed by atoms with E-state index in [0.717, 1.165) is 11.3 Å². The van der Waals surface area contributed by atoms with Gasteiger partial charge in [-0.1, -0.05) is 29.8 Å². The lowest BCUT2D eigenvalue weighted by Gasteiger charge is -2.13. The molecule has 1 aromatic carbocycles. The highest BCUT2D eigenvalue weighted by molar-refractivity contribution is 6.30. The number of carbonyl (C=O) groups excluding carboxylic acids is 1. The van der Waals surface area contributed by atoms with Crippen LogP contribution in [-0.2, 0) is 11.3 Å². The second-order valence-electron chi connectivity index (χ2n) is 4.81. The van der Waals surface area contributed by atoms with Crippen LogP contribution >= 0.6 is 11.6 Å². The summed E-state index contributed by atoms with van der Waals surface area (Å²) in [6.45, 7) is 4.27. The first-order valence-electron chi connectivity index (χ1n) is 6.56. The van der Waals surface area contributed by atoms with Crippen molar-refractivity contribution in [3.63, 3.8) is 0 Å². The molecule has 0 aliphatic rings. The summed E-state index contributed by atoms with van der Waals surface area (Å²) >= 11 is 5.86. The molecule has 2 rings (SSSR count). The zero-order chi connectivity index (χ0) is 14.5. The molecule has 4 heteroatoms. The number of halogens is 1. The van der Waals surface area contributed by atoms with E-state index in [2.05, 4.69) is 5.32 Å². The fourth-order valence-electron chi connectivity index (χ4n) is 2.02. The van der Waals surface area contributed by atoms with E-state index in [1.54, 1.807) is 0 Å². The number of pyridine rings is 1. The van der Waals surface area contributed by atoms with Crippen LogP contribution in [0.4, 0.5) is 0 Å². The first-order valence-corrected chi connectivity index (χ1v) is 6.94. The monoisotopic (exact) mass is 289 g/mol. The van der Waals surface area contributed by atoms with Crippen molar-refractivity contribution >= 4 is 17.5 Å². The van der Waals surface area contributed by atoms with Crippen molar-refractivity contribution in [2.45, 2.75) is 26.4 Å². The van der Waals surface area contributed by atoms with Crippen molar-refractivity contribution in [3.8, 4) is 0 Å². The Balaban J connectivity index is 1.98. The molecule has 0 radical (unpaired) electrons. The molecule has 0 saturated carbocycles. The molecular formula is C16H18ClN2O+. The van der Waals surface area contributed by atoms with E-state index in [4.69, 9.17) is 11.6 Å². The molecule has 3 nitrogen and oxygen atoms in total. The Hall–Kier alpha value is -1.87. The molecule has 20 heavy (non-hydrogen) atoms. The van der Waals surface area contributed by atoms with Gasteiger partial charge in [0.05, 0.1) is 6.04 Å². The molecule has 0 fully saturated rings. The van der Waals surface area contributed by atoms with Crippen LogP contribution in [0.15, 0.2) is 48.7 Å². The van der Waals surface area contributed by atoms with Crippen LogP contribution < -0.4 is 9.88 Å². The molecule has 0 unspecified atom stereocenters. The summed E-state index contributed by atoms with van der Waals surface area (Å²) in [4.78, 5) is 12.1. The first kappa shape index (κ1) is 14.5. The molecule has 0 bridgehead atoms. The number of carbonyl (C=O) groups is 1. The minimum absolute atomic E-state index is 0.00764. The van der Waals surface area contributed by atoms with Gasteiger partial charge in [0.25, 0.3) is 5.91 Å². The summed E-state index contributed by atoms with van der Waals surface area (Å²) in [7, 11) is 0. The molecule has 1 atom stereocenters. The van der Waals surface area contributed by atoms with E-state index in [0.29, 0.717) is 11.6 Å². The minimum atomic E-state index is -0.0376. The number of amides is 1. The van der Waals surface area contributed by atoms with Crippen molar-refractivity contribution in [2.75, 3.05) is 0 Å². The van der Waals surface area contributed by atoms with Gasteiger partial charge in [-0.05, 0) is 24.6 Å². The lowest BCUT2D eigenvalue weighted by atomic mass is 10.1. The summed E-state index contributed by atoms with van der Waals surface area (Å²) in [6, 6.07) is 13.3. The number of hydrogen-bond acceptors (Lipinski definition) is 1. The molecule has 1 heterocycles. The molecule has 104 valence electrons. The first-order chi connectivity index (χ1) is 9.56. The molecule has 1 N–H and O–H groups in total. The van der Waals surface area contributed by atoms with Gasteiger partial charge in [0.2, 0.25) is 6.54 Å². The quantitative estimate of drug-likeness (QED) is 0.863. The predicted octanol–water partition coefficient (Wildman–Crippen LogP) is 2.81. The zero-order valence-electron chi connectivity index (χ0n) is 11.6. The van der Waals surface area contributed by atoms with Crippen LogP contribution in [0.5, 0.6) is 0 Å². The molecule has 0 aliphatic heterocycles. The minimum Gasteiger partial charge on any atom is -0.344 e.